The van der Waals surface area contributed by atoms with Crippen LogP contribution in [0.1, 0.15) is 42.5 Å². The maximum atomic E-state index is 12.8. The van der Waals surface area contributed by atoms with Crippen molar-refractivity contribution < 1.29 is 9.18 Å². The van der Waals surface area contributed by atoms with Gasteiger partial charge in [0.05, 0.1) is 0 Å². The van der Waals surface area contributed by atoms with Crippen molar-refractivity contribution in [3.63, 3.8) is 0 Å². The zero-order valence-corrected chi connectivity index (χ0v) is 11.1. The molecule has 1 aromatic rings. The van der Waals surface area contributed by atoms with Gasteiger partial charge in [0, 0.05) is 24.6 Å². The SMILES string of the molecule is O=C(CCCN1CC2CCC1C2)c1ccc(F)cc1. The first-order chi connectivity index (χ1) is 9.22. The fourth-order valence-corrected chi connectivity index (χ4v) is 3.52. The van der Waals surface area contributed by atoms with Crippen molar-refractivity contribution in [3.8, 4) is 0 Å². The number of benzene rings is 1. The number of hydrogen-bond acceptors (Lipinski definition) is 2. The Morgan fingerprint density at radius 1 is 1.26 bits per heavy atom. The summed E-state index contributed by atoms with van der Waals surface area (Å²) >= 11 is 0. The number of carbonyl (C=O) groups excluding carboxylic acids is 1. The van der Waals surface area contributed by atoms with E-state index >= 15 is 0 Å². The molecule has 1 saturated heterocycles. The van der Waals surface area contributed by atoms with Gasteiger partial charge in [0.25, 0.3) is 0 Å². The minimum atomic E-state index is -0.287. The number of carbonyl (C=O) groups is 1. The van der Waals surface area contributed by atoms with Crippen LogP contribution in [0.5, 0.6) is 0 Å². The van der Waals surface area contributed by atoms with Crippen molar-refractivity contribution in [2.24, 2.45) is 5.92 Å². The summed E-state index contributed by atoms with van der Waals surface area (Å²) < 4.78 is 12.8. The van der Waals surface area contributed by atoms with Crippen molar-refractivity contribution in [3.05, 3.63) is 35.6 Å². The number of piperidine rings is 1. The quantitative estimate of drug-likeness (QED) is 0.758. The fourth-order valence-electron chi connectivity index (χ4n) is 3.52. The predicted octanol–water partition coefficient (Wildman–Crippen LogP) is 3.27. The number of likely N-dealkylation sites (tertiary alicyclic amines) is 1. The van der Waals surface area contributed by atoms with Crippen LogP contribution in [-0.4, -0.2) is 29.8 Å². The summed E-state index contributed by atoms with van der Waals surface area (Å²) in [5.41, 5.74) is 0.629. The molecule has 1 aromatic carbocycles. The van der Waals surface area contributed by atoms with E-state index in [1.54, 1.807) is 12.1 Å². The number of ketones is 1. The molecule has 0 amide bonds. The van der Waals surface area contributed by atoms with Gasteiger partial charge < -0.3 is 4.90 Å². The maximum absolute atomic E-state index is 12.8. The monoisotopic (exact) mass is 261 g/mol. The molecule has 102 valence electrons. The van der Waals surface area contributed by atoms with Gasteiger partial charge in [-0.25, -0.2) is 4.39 Å². The number of Topliss-reactive ketones (excluding diaryl/α,β-unsaturated/α-hetero) is 1. The van der Waals surface area contributed by atoms with Crippen LogP contribution in [0.2, 0.25) is 0 Å². The average Bonchev–Trinajstić information content (AvgIpc) is 3.02. The highest BCUT2D eigenvalue weighted by Gasteiger charge is 2.36. The molecule has 0 radical (unpaired) electrons. The Labute approximate surface area is 113 Å². The van der Waals surface area contributed by atoms with Gasteiger partial charge >= 0.3 is 0 Å². The van der Waals surface area contributed by atoms with Crippen LogP contribution in [0, 0.1) is 11.7 Å². The maximum Gasteiger partial charge on any atom is 0.162 e. The Kier molecular flexibility index (Phi) is 3.65. The summed E-state index contributed by atoms with van der Waals surface area (Å²) in [5.74, 6) is 0.756. The number of hydrogen-bond donors (Lipinski definition) is 0. The molecule has 1 aliphatic heterocycles. The molecule has 1 saturated carbocycles. The summed E-state index contributed by atoms with van der Waals surface area (Å²) in [7, 11) is 0. The van der Waals surface area contributed by atoms with Gasteiger partial charge in [0.15, 0.2) is 5.78 Å². The Bertz CT molecular complexity index is 456. The van der Waals surface area contributed by atoms with Gasteiger partial charge in [0.2, 0.25) is 0 Å². The van der Waals surface area contributed by atoms with E-state index in [-0.39, 0.29) is 11.6 Å². The molecule has 0 N–H and O–H groups in total. The Hall–Kier alpha value is -1.22. The highest BCUT2D eigenvalue weighted by Crippen LogP contribution is 2.37. The third-order valence-electron chi connectivity index (χ3n) is 4.54. The van der Waals surface area contributed by atoms with Crippen molar-refractivity contribution in [2.75, 3.05) is 13.1 Å². The van der Waals surface area contributed by atoms with Crippen LogP contribution < -0.4 is 0 Å². The second kappa shape index (κ2) is 5.41. The summed E-state index contributed by atoms with van der Waals surface area (Å²) in [6, 6.07) is 6.65. The van der Waals surface area contributed by atoms with Crippen molar-refractivity contribution in [2.45, 2.75) is 38.1 Å². The van der Waals surface area contributed by atoms with Crippen LogP contribution in [0.15, 0.2) is 24.3 Å². The second-order valence-electron chi connectivity index (χ2n) is 5.86. The largest absolute Gasteiger partial charge is 0.300 e. The van der Waals surface area contributed by atoms with Crippen molar-refractivity contribution in [1.29, 1.82) is 0 Å². The van der Waals surface area contributed by atoms with Gasteiger partial charge in [-0.3, -0.25) is 4.79 Å². The summed E-state index contributed by atoms with van der Waals surface area (Å²) in [5, 5.41) is 0. The van der Waals surface area contributed by atoms with Crippen molar-refractivity contribution in [1.82, 2.24) is 4.90 Å². The Morgan fingerprint density at radius 3 is 2.68 bits per heavy atom. The van der Waals surface area contributed by atoms with Crippen molar-refractivity contribution >= 4 is 5.78 Å². The third-order valence-corrected chi connectivity index (χ3v) is 4.54. The molecule has 2 atom stereocenters. The lowest BCUT2D eigenvalue weighted by molar-refractivity contribution is 0.0971. The lowest BCUT2D eigenvalue weighted by Crippen LogP contribution is -2.33. The van der Waals surface area contributed by atoms with Gasteiger partial charge in [0.1, 0.15) is 5.82 Å². The number of nitrogens with zero attached hydrogens (tertiary/aromatic N) is 1. The number of halogens is 1. The molecule has 1 aliphatic carbocycles. The zero-order valence-electron chi connectivity index (χ0n) is 11.1. The molecule has 1 heterocycles. The first-order valence-corrected chi connectivity index (χ1v) is 7.25. The van der Waals surface area contributed by atoms with Crippen LogP contribution in [0.3, 0.4) is 0 Å². The minimum absolute atomic E-state index is 0.129. The van der Waals surface area contributed by atoms with E-state index in [9.17, 15) is 9.18 Å². The van der Waals surface area contributed by atoms with Crippen LogP contribution in [-0.2, 0) is 0 Å². The topological polar surface area (TPSA) is 20.3 Å². The number of fused-ring (bicyclic) bond motifs is 2. The van der Waals surface area contributed by atoms with E-state index in [2.05, 4.69) is 4.90 Å². The van der Waals surface area contributed by atoms with E-state index in [0.717, 1.165) is 24.9 Å². The molecule has 2 bridgehead atoms. The zero-order chi connectivity index (χ0) is 13.2. The van der Waals surface area contributed by atoms with E-state index in [1.807, 2.05) is 0 Å². The molecule has 19 heavy (non-hydrogen) atoms. The van der Waals surface area contributed by atoms with Gasteiger partial charge in [-0.15, -0.1) is 0 Å². The first kappa shape index (κ1) is 12.8. The summed E-state index contributed by atoms with van der Waals surface area (Å²) in [4.78, 5) is 14.5. The molecular formula is C16H20FNO. The first-order valence-electron chi connectivity index (χ1n) is 7.25. The van der Waals surface area contributed by atoms with Crippen LogP contribution >= 0.6 is 0 Å². The lowest BCUT2D eigenvalue weighted by atomic mass is 10.1. The molecule has 2 nitrogen and oxygen atoms in total. The standard InChI is InChI=1S/C16H20FNO/c17-14-6-4-13(5-7-14)16(19)2-1-9-18-11-12-3-8-15(18)10-12/h4-7,12,15H,1-3,8-11H2. The van der Waals surface area contributed by atoms with Crippen LogP contribution in [0.25, 0.3) is 0 Å². The fraction of sp³-hybridized carbons (Fsp3) is 0.562. The summed E-state index contributed by atoms with van der Waals surface area (Å²) in [6.07, 6.45) is 5.59. The van der Waals surface area contributed by atoms with Crippen LogP contribution in [0.4, 0.5) is 4.39 Å². The molecule has 0 spiro atoms. The van der Waals surface area contributed by atoms with Gasteiger partial charge in [-0.2, -0.15) is 0 Å². The van der Waals surface area contributed by atoms with Gasteiger partial charge in [-0.05, 0) is 62.4 Å². The number of rotatable bonds is 5. The molecule has 2 fully saturated rings. The van der Waals surface area contributed by atoms with Gasteiger partial charge in [-0.1, -0.05) is 0 Å². The smallest absolute Gasteiger partial charge is 0.162 e. The average molecular weight is 261 g/mol. The molecule has 0 aromatic heterocycles. The molecule has 2 aliphatic rings. The normalized spacial score (nSPS) is 25.9. The molecule has 3 rings (SSSR count). The van der Waals surface area contributed by atoms with E-state index in [0.29, 0.717) is 12.0 Å². The van der Waals surface area contributed by atoms with E-state index < -0.39 is 0 Å². The predicted molar refractivity (Wildman–Crippen MR) is 72.7 cm³/mol. The highest BCUT2D eigenvalue weighted by molar-refractivity contribution is 5.95. The van der Waals surface area contributed by atoms with E-state index in [1.165, 1.54) is 37.9 Å². The Balaban J connectivity index is 1.45. The molecule has 2 unspecified atom stereocenters. The minimum Gasteiger partial charge on any atom is -0.300 e. The summed E-state index contributed by atoms with van der Waals surface area (Å²) in [6.45, 7) is 2.27. The highest BCUT2D eigenvalue weighted by atomic mass is 19.1. The Morgan fingerprint density at radius 2 is 2.05 bits per heavy atom. The molecule has 3 heteroatoms. The van der Waals surface area contributed by atoms with E-state index in [4.69, 9.17) is 0 Å². The second-order valence-corrected chi connectivity index (χ2v) is 5.86. The lowest BCUT2D eigenvalue weighted by Gasteiger charge is -2.26. The molecular weight excluding hydrogens is 241 g/mol. The third kappa shape index (κ3) is 2.86.